The summed E-state index contributed by atoms with van der Waals surface area (Å²) in [5, 5.41) is 34.9. The molecule has 0 radical (unpaired) electrons. The average molecular weight is 356 g/mol. The predicted molar refractivity (Wildman–Crippen MR) is 91.5 cm³/mol. The van der Waals surface area contributed by atoms with Crippen molar-refractivity contribution in [3.63, 3.8) is 0 Å². The lowest BCUT2D eigenvalue weighted by Gasteiger charge is -2.02. The van der Waals surface area contributed by atoms with Gasteiger partial charge in [0.25, 0.3) is 0 Å². The Morgan fingerprint density at radius 1 is 0.885 bits per heavy atom. The molecule has 0 aliphatic rings. The molecule has 8 heteroatoms. The van der Waals surface area contributed by atoms with E-state index in [0.717, 1.165) is 0 Å². The van der Waals surface area contributed by atoms with Crippen LogP contribution in [0.5, 0.6) is 5.75 Å². The zero-order valence-electron chi connectivity index (χ0n) is 13.6. The summed E-state index contributed by atoms with van der Waals surface area (Å²) in [7, 11) is 0. The van der Waals surface area contributed by atoms with E-state index in [1.54, 1.807) is 18.2 Å². The van der Waals surface area contributed by atoms with Crippen LogP contribution in [0, 0.1) is 0 Å². The van der Waals surface area contributed by atoms with Gasteiger partial charge in [-0.3, -0.25) is 9.59 Å². The molecule has 0 aromatic heterocycles. The van der Waals surface area contributed by atoms with Gasteiger partial charge >= 0.3 is 11.9 Å². The van der Waals surface area contributed by atoms with Crippen molar-refractivity contribution in [1.82, 2.24) is 0 Å². The largest absolute Gasteiger partial charge is 0.507 e. The minimum Gasteiger partial charge on any atom is -0.507 e. The molecule has 0 fully saturated rings. The fourth-order valence-corrected chi connectivity index (χ4v) is 2.16. The minimum absolute atomic E-state index is 0.0715. The second-order valence-corrected chi connectivity index (χ2v) is 5.43. The Balaban J connectivity index is 2.12. The van der Waals surface area contributed by atoms with E-state index in [-0.39, 0.29) is 42.0 Å². The van der Waals surface area contributed by atoms with Crippen molar-refractivity contribution in [3.05, 3.63) is 53.6 Å². The molecule has 8 nitrogen and oxygen atoms in total. The van der Waals surface area contributed by atoms with Gasteiger partial charge in [0.1, 0.15) is 11.3 Å². The van der Waals surface area contributed by atoms with E-state index in [4.69, 9.17) is 10.2 Å². The Hall–Kier alpha value is -3.55. The number of carboxylic acids is 2. The molecule has 2 rings (SSSR count). The normalized spacial score (nSPS) is 10.8. The van der Waals surface area contributed by atoms with Crippen molar-refractivity contribution in [2.45, 2.75) is 19.3 Å². The van der Waals surface area contributed by atoms with Crippen LogP contribution in [0.1, 0.15) is 40.0 Å². The number of aromatic carboxylic acids is 1. The molecule has 0 amide bonds. The highest BCUT2D eigenvalue weighted by Crippen LogP contribution is 2.25. The molecule has 0 atom stereocenters. The summed E-state index contributed by atoms with van der Waals surface area (Å²) in [5.74, 6) is -2.80. The minimum atomic E-state index is -1.28. The maximum atomic E-state index is 12.1. The molecule has 0 saturated carbocycles. The maximum Gasteiger partial charge on any atom is 0.339 e. The summed E-state index contributed by atoms with van der Waals surface area (Å²) in [6.07, 6.45) is 0.302. The molecule has 0 heterocycles. The highest BCUT2D eigenvalue weighted by Gasteiger charge is 2.10. The Labute approximate surface area is 148 Å². The molecule has 134 valence electrons. The van der Waals surface area contributed by atoms with Crippen LogP contribution in [-0.2, 0) is 4.79 Å². The third-order valence-corrected chi connectivity index (χ3v) is 3.45. The average Bonchev–Trinajstić information content (AvgIpc) is 2.60. The summed E-state index contributed by atoms with van der Waals surface area (Å²) in [6.45, 7) is 0. The van der Waals surface area contributed by atoms with Gasteiger partial charge in [-0.1, -0.05) is 12.1 Å². The SMILES string of the molecule is O=C(O)CCCC(=O)c1cccc(N=Nc2ccc(O)c(C(=O)O)c2)c1. The quantitative estimate of drug-likeness (QED) is 0.484. The highest BCUT2D eigenvalue weighted by molar-refractivity contribution is 5.96. The first-order chi connectivity index (χ1) is 12.4. The first-order valence-corrected chi connectivity index (χ1v) is 7.70. The second-order valence-electron chi connectivity index (χ2n) is 5.43. The third-order valence-electron chi connectivity index (χ3n) is 3.45. The van der Waals surface area contributed by atoms with Gasteiger partial charge in [0, 0.05) is 18.4 Å². The Morgan fingerprint density at radius 2 is 1.58 bits per heavy atom. The Bertz CT molecular complexity index is 876. The number of ketones is 1. The van der Waals surface area contributed by atoms with Crippen LogP contribution in [0.3, 0.4) is 0 Å². The van der Waals surface area contributed by atoms with Crippen LogP contribution in [0.4, 0.5) is 11.4 Å². The molecule has 0 unspecified atom stereocenters. The lowest BCUT2D eigenvalue weighted by Crippen LogP contribution is -2.01. The van der Waals surface area contributed by atoms with Crippen LogP contribution in [0.2, 0.25) is 0 Å². The number of hydrogen-bond donors (Lipinski definition) is 3. The molecule has 2 aromatic rings. The Kier molecular flexibility index (Phi) is 6.15. The number of carbonyl (C=O) groups is 3. The molecule has 0 aliphatic carbocycles. The number of aromatic hydroxyl groups is 1. The summed E-state index contributed by atoms with van der Waals surface area (Å²) < 4.78 is 0. The number of aliphatic carboxylic acids is 1. The monoisotopic (exact) mass is 356 g/mol. The fourth-order valence-electron chi connectivity index (χ4n) is 2.16. The molecule has 3 N–H and O–H groups in total. The van der Waals surface area contributed by atoms with Gasteiger partial charge in [-0.05, 0) is 36.8 Å². The number of carbonyl (C=O) groups excluding carboxylic acids is 1. The van der Waals surface area contributed by atoms with Gasteiger partial charge in [-0.25, -0.2) is 4.79 Å². The predicted octanol–water partition coefficient (Wildman–Crippen LogP) is 3.94. The number of azo groups is 1. The molecule has 0 aliphatic heterocycles. The summed E-state index contributed by atoms with van der Waals surface area (Å²) >= 11 is 0. The smallest absolute Gasteiger partial charge is 0.339 e. The van der Waals surface area contributed by atoms with E-state index in [0.29, 0.717) is 11.3 Å². The molecular weight excluding hydrogens is 340 g/mol. The third kappa shape index (κ3) is 5.23. The summed E-state index contributed by atoms with van der Waals surface area (Å²) in [6, 6.07) is 10.2. The van der Waals surface area contributed by atoms with Crippen LogP contribution in [-0.4, -0.2) is 33.0 Å². The summed E-state index contributed by atoms with van der Waals surface area (Å²) in [5.41, 5.74) is 0.727. The van der Waals surface area contributed by atoms with E-state index < -0.39 is 11.9 Å². The van der Waals surface area contributed by atoms with Gasteiger partial charge in [0.2, 0.25) is 0 Å². The number of hydrogen-bond acceptors (Lipinski definition) is 6. The standard InChI is InChI=1S/C18H16N2O6/c21-15(5-2-6-17(23)24)11-3-1-4-12(9-11)19-20-13-7-8-16(22)14(10-13)18(25)26/h1,3-4,7-10,22H,2,5-6H2,(H,23,24)(H,25,26). The molecule has 2 aromatic carbocycles. The fraction of sp³-hybridized carbons (Fsp3) is 0.167. The number of Topliss-reactive ketones (excluding diaryl/α,β-unsaturated/α-hetero) is 1. The van der Waals surface area contributed by atoms with Crippen LogP contribution >= 0.6 is 0 Å². The topological polar surface area (TPSA) is 137 Å². The van der Waals surface area contributed by atoms with Gasteiger partial charge in [-0.2, -0.15) is 10.2 Å². The van der Waals surface area contributed by atoms with E-state index in [1.165, 1.54) is 24.3 Å². The molecule has 0 bridgehead atoms. The van der Waals surface area contributed by atoms with Gasteiger partial charge in [-0.15, -0.1) is 0 Å². The maximum absolute atomic E-state index is 12.1. The van der Waals surface area contributed by atoms with Gasteiger partial charge < -0.3 is 15.3 Å². The molecule has 0 saturated heterocycles. The number of nitrogens with zero attached hydrogens (tertiary/aromatic N) is 2. The van der Waals surface area contributed by atoms with E-state index in [9.17, 15) is 19.5 Å². The van der Waals surface area contributed by atoms with Crippen molar-refractivity contribution in [3.8, 4) is 5.75 Å². The molecule has 26 heavy (non-hydrogen) atoms. The van der Waals surface area contributed by atoms with Crippen LogP contribution in [0.15, 0.2) is 52.7 Å². The van der Waals surface area contributed by atoms with Crippen LogP contribution in [0.25, 0.3) is 0 Å². The van der Waals surface area contributed by atoms with Gasteiger partial charge in [0.05, 0.1) is 11.4 Å². The van der Waals surface area contributed by atoms with Crippen molar-refractivity contribution in [2.75, 3.05) is 0 Å². The first-order valence-electron chi connectivity index (χ1n) is 7.70. The highest BCUT2D eigenvalue weighted by atomic mass is 16.4. The van der Waals surface area contributed by atoms with Crippen molar-refractivity contribution < 1.29 is 29.7 Å². The molecular formula is C18H16N2O6. The van der Waals surface area contributed by atoms with E-state index in [1.807, 2.05) is 0 Å². The Morgan fingerprint density at radius 3 is 2.23 bits per heavy atom. The zero-order chi connectivity index (χ0) is 19.1. The van der Waals surface area contributed by atoms with E-state index >= 15 is 0 Å². The number of carboxylic acid groups (broad SMARTS) is 2. The number of phenols is 1. The van der Waals surface area contributed by atoms with Gasteiger partial charge in [0.15, 0.2) is 5.78 Å². The second kappa shape index (κ2) is 8.52. The first kappa shape index (κ1) is 18.8. The van der Waals surface area contributed by atoms with Crippen molar-refractivity contribution >= 4 is 29.1 Å². The zero-order valence-corrected chi connectivity index (χ0v) is 13.6. The van der Waals surface area contributed by atoms with Crippen molar-refractivity contribution in [2.24, 2.45) is 10.2 Å². The lowest BCUT2D eigenvalue weighted by molar-refractivity contribution is -0.137. The van der Waals surface area contributed by atoms with E-state index in [2.05, 4.69) is 10.2 Å². The summed E-state index contributed by atoms with van der Waals surface area (Å²) in [4.78, 5) is 33.5. The molecule has 0 spiro atoms. The number of benzene rings is 2. The van der Waals surface area contributed by atoms with Crippen LogP contribution < -0.4 is 0 Å². The van der Waals surface area contributed by atoms with Crippen molar-refractivity contribution in [1.29, 1.82) is 0 Å². The number of rotatable bonds is 8. The lowest BCUT2D eigenvalue weighted by atomic mass is 10.1.